The Labute approximate surface area is 265 Å². The van der Waals surface area contributed by atoms with Crippen LogP contribution in [0.3, 0.4) is 0 Å². The third-order valence-electron chi connectivity index (χ3n) is 6.66. The summed E-state index contributed by atoms with van der Waals surface area (Å²) in [6.45, 7) is 1.69. The van der Waals surface area contributed by atoms with E-state index in [1.54, 1.807) is 16.8 Å². The molecule has 0 spiro atoms. The number of hydrogen-bond acceptors (Lipinski definition) is 8. The lowest BCUT2D eigenvalue weighted by Crippen LogP contribution is -2.46. The maximum absolute atomic E-state index is 13.0. The molecule has 11 nitrogen and oxygen atoms in total. The van der Waals surface area contributed by atoms with Gasteiger partial charge in [0.1, 0.15) is 9.96 Å². The van der Waals surface area contributed by atoms with Gasteiger partial charge in [0.25, 0.3) is 10.0 Å². The number of thiophene rings is 1. The van der Waals surface area contributed by atoms with Gasteiger partial charge in [-0.3, -0.25) is 14.2 Å². The first-order valence-electron chi connectivity index (χ1n) is 13.5. The second-order valence-electron chi connectivity index (χ2n) is 9.87. The monoisotopic (exact) mass is 687 g/mol. The molecule has 1 aliphatic heterocycles. The molecule has 1 aliphatic rings. The number of carbonyl (C=O) groups excluding carboxylic acids is 1. The number of amides is 1. The van der Waals surface area contributed by atoms with E-state index in [-0.39, 0.29) is 22.0 Å². The Balaban J connectivity index is 0.000000591. The zero-order valence-electron chi connectivity index (χ0n) is 23.7. The second kappa shape index (κ2) is 14.5. The van der Waals surface area contributed by atoms with E-state index in [4.69, 9.17) is 26.2 Å². The highest BCUT2D eigenvalue weighted by molar-refractivity contribution is 7.94. The number of nitrogens with one attached hydrogen (secondary N) is 3. The number of sulfonamides is 1. The smallest absolute Gasteiger partial charge is 0.490 e. The molecule has 1 fully saturated rings. The van der Waals surface area contributed by atoms with Crippen LogP contribution in [0.25, 0.3) is 10.9 Å². The third kappa shape index (κ3) is 8.87. The number of piperidine rings is 1. The zero-order valence-corrected chi connectivity index (χ0v) is 26.1. The Hall–Kier alpha value is -3.86. The van der Waals surface area contributed by atoms with E-state index in [1.165, 1.54) is 13.2 Å². The topological polar surface area (TPSA) is 152 Å². The third-order valence-corrected chi connectivity index (χ3v) is 9.73. The number of halogens is 4. The van der Waals surface area contributed by atoms with Gasteiger partial charge >= 0.3 is 12.1 Å². The number of fused-ring (bicyclic) bond motifs is 1. The molecule has 45 heavy (non-hydrogen) atoms. The van der Waals surface area contributed by atoms with Crippen molar-refractivity contribution in [3.05, 3.63) is 70.1 Å². The van der Waals surface area contributed by atoms with Crippen LogP contribution in [-0.4, -0.2) is 61.1 Å². The van der Waals surface area contributed by atoms with E-state index >= 15 is 0 Å². The number of hydrogen-bond donors (Lipinski definition) is 4. The molecule has 1 saturated heterocycles. The molecule has 4 aromatic rings. The molecule has 0 aliphatic carbocycles. The molecule has 4 N–H and O–H groups in total. The highest BCUT2D eigenvalue weighted by Gasteiger charge is 2.38. The van der Waals surface area contributed by atoms with Crippen LogP contribution in [0.4, 0.5) is 19.0 Å². The number of ether oxygens (including phenoxy) is 1. The van der Waals surface area contributed by atoms with Crippen LogP contribution in [0.15, 0.2) is 58.8 Å². The van der Waals surface area contributed by atoms with Crippen molar-refractivity contribution in [3.8, 4) is 5.75 Å². The zero-order chi connectivity index (χ0) is 32.8. The average Bonchev–Trinajstić information content (AvgIpc) is 3.60. The number of alkyl halides is 3. The number of anilines is 1. The minimum atomic E-state index is -5.08. The Bertz CT molecular complexity index is 1770. The number of carboxylic acids is 1. The predicted molar refractivity (Wildman–Crippen MR) is 163 cm³/mol. The summed E-state index contributed by atoms with van der Waals surface area (Å²) in [6, 6.07) is 16.2. The number of nitrogens with zero attached hydrogens (tertiary/aromatic N) is 2. The first kappa shape index (κ1) is 34.0. The molecule has 242 valence electrons. The number of carboxylic acid groups (broad SMARTS) is 1. The van der Waals surface area contributed by atoms with Crippen molar-refractivity contribution in [2.45, 2.75) is 48.8 Å². The number of benzene rings is 2. The van der Waals surface area contributed by atoms with Crippen LogP contribution in [0.1, 0.15) is 30.4 Å². The number of carbonyl (C=O) groups is 2. The van der Waals surface area contributed by atoms with Gasteiger partial charge < -0.3 is 20.5 Å². The SMILES string of the molecule is COc1cccc2c1c(NS(=O)(=O)c1ccc(Cl)s1)nn2Cc1cccc(CNC(=O)[C@@H]2CCCCN2)c1.O=C(O)C(F)(F)F. The van der Waals surface area contributed by atoms with Crippen LogP contribution < -0.4 is 20.1 Å². The summed E-state index contributed by atoms with van der Waals surface area (Å²) in [7, 11) is -2.36. The van der Waals surface area contributed by atoms with Crippen LogP contribution in [-0.2, 0) is 32.7 Å². The minimum Gasteiger partial charge on any atom is -0.496 e. The van der Waals surface area contributed by atoms with E-state index < -0.39 is 22.2 Å². The maximum Gasteiger partial charge on any atom is 0.490 e. The van der Waals surface area contributed by atoms with Crippen molar-refractivity contribution < 1.29 is 41.0 Å². The summed E-state index contributed by atoms with van der Waals surface area (Å²) < 4.78 is 68.1. The fourth-order valence-corrected chi connectivity index (χ4v) is 7.07. The lowest BCUT2D eigenvalue weighted by molar-refractivity contribution is -0.192. The summed E-state index contributed by atoms with van der Waals surface area (Å²) >= 11 is 6.93. The van der Waals surface area contributed by atoms with Crippen molar-refractivity contribution >= 4 is 61.6 Å². The van der Waals surface area contributed by atoms with Crippen molar-refractivity contribution in [1.82, 2.24) is 20.4 Å². The molecular formula is C28H29ClF3N5O6S2. The molecule has 0 saturated carbocycles. The highest BCUT2D eigenvalue weighted by Crippen LogP contribution is 2.35. The lowest BCUT2D eigenvalue weighted by atomic mass is 10.0. The fourth-order valence-electron chi connectivity index (χ4n) is 4.58. The van der Waals surface area contributed by atoms with Gasteiger partial charge in [0.05, 0.1) is 34.9 Å². The van der Waals surface area contributed by atoms with E-state index in [9.17, 15) is 26.4 Å². The first-order valence-corrected chi connectivity index (χ1v) is 16.2. The predicted octanol–water partition coefficient (Wildman–Crippen LogP) is 5.00. The Morgan fingerprint density at radius 2 is 1.87 bits per heavy atom. The van der Waals surface area contributed by atoms with Crippen molar-refractivity contribution in [2.75, 3.05) is 18.4 Å². The molecule has 5 rings (SSSR count). The molecule has 1 amide bonds. The van der Waals surface area contributed by atoms with Crippen LogP contribution in [0.5, 0.6) is 5.75 Å². The Kier molecular flexibility index (Phi) is 11.0. The van der Waals surface area contributed by atoms with Crippen molar-refractivity contribution in [3.63, 3.8) is 0 Å². The average molecular weight is 688 g/mol. The Morgan fingerprint density at radius 3 is 2.49 bits per heavy atom. The fraction of sp³-hybridized carbons (Fsp3) is 0.321. The number of aliphatic carboxylic acids is 1. The molecule has 2 aromatic heterocycles. The molecule has 0 bridgehead atoms. The second-order valence-corrected chi connectivity index (χ2v) is 13.5. The van der Waals surface area contributed by atoms with Gasteiger partial charge in [-0.2, -0.15) is 18.3 Å². The van der Waals surface area contributed by atoms with E-state index in [0.717, 1.165) is 48.3 Å². The lowest BCUT2D eigenvalue weighted by Gasteiger charge is -2.22. The molecule has 2 aromatic carbocycles. The van der Waals surface area contributed by atoms with Crippen LogP contribution >= 0.6 is 22.9 Å². The van der Waals surface area contributed by atoms with Crippen LogP contribution in [0, 0.1) is 0 Å². The van der Waals surface area contributed by atoms with Crippen molar-refractivity contribution in [1.29, 1.82) is 0 Å². The van der Waals surface area contributed by atoms with E-state index in [1.807, 2.05) is 36.4 Å². The van der Waals surface area contributed by atoms with Gasteiger partial charge in [0.15, 0.2) is 5.82 Å². The number of methoxy groups -OCH3 is 1. The van der Waals surface area contributed by atoms with Crippen molar-refractivity contribution in [2.24, 2.45) is 0 Å². The first-order chi connectivity index (χ1) is 21.3. The Morgan fingerprint density at radius 1 is 1.16 bits per heavy atom. The molecule has 1 atom stereocenters. The molecule has 17 heteroatoms. The van der Waals surface area contributed by atoms with Gasteiger partial charge in [-0.15, -0.1) is 11.3 Å². The van der Waals surface area contributed by atoms with Gasteiger partial charge in [-0.25, -0.2) is 13.2 Å². The number of rotatable bonds is 9. The maximum atomic E-state index is 13.0. The minimum absolute atomic E-state index is 0.0178. The van der Waals surface area contributed by atoms with Gasteiger partial charge in [0, 0.05) is 6.54 Å². The summed E-state index contributed by atoms with van der Waals surface area (Å²) in [5.41, 5.74) is 2.64. The molecule has 3 heterocycles. The summed E-state index contributed by atoms with van der Waals surface area (Å²) in [5, 5.41) is 18.6. The van der Waals surface area contributed by atoms with Crippen LogP contribution in [0.2, 0.25) is 4.34 Å². The number of aromatic nitrogens is 2. The van der Waals surface area contributed by atoms with Gasteiger partial charge in [-0.1, -0.05) is 48.4 Å². The van der Waals surface area contributed by atoms with E-state index in [2.05, 4.69) is 20.5 Å². The van der Waals surface area contributed by atoms with E-state index in [0.29, 0.717) is 34.1 Å². The molecular weight excluding hydrogens is 659 g/mol. The normalized spacial score (nSPS) is 15.2. The van der Waals surface area contributed by atoms with Gasteiger partial charge in [0.2, 0.25) is 5.91 Å². The summed E-state index contributed by atoms with van der Waals surface area (Å²) in [4.78, 5) is 21.4. The summed E-state index contributed by atoms with van der Waals surface area (Å²) in [6.07, 6.45) is -2.07. The quantitative estimate of drug-likeness (QED) is 0.192. The molecule has 0 unspecified atom stereocenters. The molecule has 0 radical (unpaired) electrons. The highest BCUT2D eigenvalue weighted by atomic mass is 35.5. The standard InChI is InChI=1S/C26H28ClN5O4S2.C2HF3O2/c1-36-21-10-5-9-20-24(21)25(31-38(34,35)23-12-11-22(27)37-23)30-32(20)16-18-7-4-6-17(14-18)15-29-26(33)19-8-2-3-13-28-19;3-2(4,5)1(6)7/h4-7,9-12,14,19,28H,2-3,8,13,15-16H2,1H3,(H,29,33)(H,30,31);(H,6,7)/t19-;/m0./s1. The summed E-state index contributed by atoms with van der Waals surface area (Å²) in [5.74, 6) is -2.06. The largest absolute Gasteiger partial charge is 0.496 e. The van der Waals surface area contributed by atoms with Gasteiger partial charge in [-0.05, 0) is 54.8 Å².